The van der Waals surface area contributed by atoms with E-state index in [1.54, 1.807) is 0 Å². The number of nitrogens with one attached hydrogen (secondary N) is 4. The monoisotopic (exact) mass is 1130 g/mol. The van der Waals surface area contributed by atoms with Gasteiger partial charge in [0, 0.05) is 64.9 Å². The number of rotatable bonds is 4. The van der Waals surface area contributed by atoms with Gasteiger partial charge in [-0.3, -0.25) is 0 Å². The SMILES string of the molecule is Cc1ccc2c(c1)NC(c1cccc(C3[N-]c4ccc(C)cc4N3)c1)[N-]2.Cc1ccc2c(c1)NC(c1cccc(C3[N-]c4ccc(C)cc4N3)c1)[N-]2.O.O.O.O.O.O.O.[Cu+2].[Cu+2].[Mo].[Mo]. The third-order valence-electron chi connectivity index (χ3n) is 9.93. The summed E-state index contributed by atoms with van der Waals surface area (Å²) in [6.07, 6.45) is -0.175. The number of aryl methyl sites for hydroxylation is 4. The topological polar surface area (TPSA) is 325 Å². The number of hydrogen-bond acceptors (Lipinski definition) is 4. The van der Waals surface area contributed by atoms with Crippen LogP contribution >= 0.6 is 0 Å². The Morgan fingerprint density at radius 1 is 0.317 bits per heavy atom. The zero-order valence-electron chi connectivity index (χ0n) is 34.6. The van der Waals surface area contributed by atoms with Crippen molar-refractivity contribution < 1.29 is 115 Å². The normalized spacial score (nSPS) is 16.2. The minimum Gasteiger partial charge on any atom is -0.660 e. The second kappa shape index (κ2) is 26.6. The van der Waals surface area contributed by atoms with Crippen LogP contribution in [0.4, 0.5) is 45.5 Å². The first-order chi connectivity index (χ1) is 25.3. The van der Waals surface area contributed by atoms with Gasteiger partial charge in [-0.2, -0.15) is 0 Å². The van der Waals surface area contributed by atoms with Crippen molar-refractivity contribution in [2.45, 2.75) is 52.4 Å². The van der Waals surface area contributed by atoms with E-state index in [9.17, 15) is 0 Å². The van der Waals surface area contributed by atoms with E-state index in [0.717, 1.165) is 67.8 Å². The van der Waals surface area contributed by atoms with E-state index in [1.165, 1.54) is 22.3 Å². The average Bonchev–Trinajstić information content (AvgIpc) is 3.96. The average molecular weight is 1130 g/mol. The fourth-order valence-electron chi connectivity index (χ4n) is 7.22. The van der Waals surface area contributed by atoms with Gasteiger partial charge in [0.05, 0.1) is 0 Å². The maximum atomic E-state index is 4.82. The zero-order valence-corrected chi connectivity index (χ0v) is 40.5. The third-order valence-corrected chi connectivity index (χ3v) is 9.93. The Morgan fingerprint density at radius 2 is 0.524 bits per heavy atom. The summed E-state index contributed by atoms with van der Waals surface area (Å²) in [5.41, 5.74) is 18.1. The standard InChI is InChI=1S/2C22H20N4.2Cu.2Mo.7H2O/c2*1-13-6-8-17-19(10-13)25-21(23-17)15-4-3-5-16(12-15)22-24-18-9-7-14(2)11-20(18)26-22;;;;;;;;;;;/h2*3-12,21-22,25-26H,1-2H3;;;;;7*1H2/q2*-2;2*+2;;;;;;;;;. The molecule has 4 aliphatic rings. The summed E-state index contributed by atoms with van der Waals surface area (Å²) in [7, 11) is 0. The summed E-state index contributed by atoms with van der Waals surface area (Å²) in [4.78, 5) is 0. The number of fused-ring (bicyclic) bond motifs is 4. The molecule has 15 nitrogen and oxygen atoms in total. The molecule has 0 bridgehead atoms. The van der Waals surface area contributed by atoms with Crippen LogP contribution in [-0.2, 0) is 76.3 Å². The molecule has 0 aromatic heterocycles. The van der Waals surface area contributed by atoms with Crippen LogP contribution in [0.15, 0.2) is 121 Å². The number of benzene rings is 6. The van der Waals surface area contributed by atoms with Crippen molar-refractivity contribution >= 4 is 45.5 Å². The smallest absolute Gasteiger partial charge is 0.660 e. The molecule has 0 aliphatic carbocycles. The summed E-state index contributed by atoms with van der Waals surface area (Å²) >= 11 is 0. The van der Waals surface area contributed by atoms with Crippen molar-refractivity contribution in [1.82, 2.24) is 0 Å². The van der Waals surface area contributed by atoms with Crippen molar-refractivity contribution in [3.05, 3.63) is 187 Å². The third kappa shape index (κ3) is 13.4. The minimum absolute atomic E-state index is 0. The van der Waals surface area contributed by atoms with Crippen LogP contribution in [0.1, 0.15) is 69.2 Å². The molecule has 0 fully saturated rings. The van der Waals surface area contributed by atoms with Crippen LogP contribution in [0.3, 0.4) is 0 Å². The fourth-order valence-corrected chi connectivity index (χ4v) is 7.22. The Balaban J connectivity index is -0.000000973. The van der Waals surface area contributed by atoms with Gasteiger partial charge < -0.3 is 80.9 Å². The van der Waals surface area contributed by atoms with E-state index in [4.69, 9.17) is 21.3 Å². The summed E-state index contributed by atoms with van der Waals surface area (Å²) in [6.45, 7) is 8.40. The molecule has 4 aliphatic heterocycles. The van der Waals surface area contributed by atoms with Gasteiger partial charge in [0.2, 0.25) is 0 Å². The number of nitrogens with zero attached hydrogens (tertiary/aromatic N) is 4. The molecule has 63 heavy (non-hydrogen) atoms. The van der Waals surface area contributed by atoms with Crippen LogP contribution < -0.4 is 21.3 Å². The first-order valence-corrected chi connectivity index (χ1v) is 17.8. The molecule has 0 saturated heterocycles. The Morgan fingerprint density at radius 3 is 0.730 bits per heavy atom. The Kier molecular flexibility index (Phi) is 26.7. The molecule has 4 heterocycles. The maximum Gasteiger partial charge on any atom is 2.00 e. The van der Waals surface area contributed by atoms with Gasteiger partial charge >= 0.3 is 34.1 Å². The predicted molar refractivity (Wildman–Crippen MR) is 240 cm³/mol. The van der Waals surface area contributed by atoms with Gasteiger partial charge in [-0.15, -0.1) is 22.7 Å². The molecular formula is C44H54Cu2Mo2N8O7. The molecule has 346 valence electrons. The molecule has 19 heteroatoms. The molecule has 0 amide bonds. The molecule has 0 spiro atoms. The predicted octanol–water partition coefficient (Wildman–Crippen LogP) is 7.34. The van der Waals surface area contributed by atoms with Crippen LogP contribution in [-0.4, -0.2) is 38.3 Å². The molecule has 4 atom stereocenters. The van der Waals surface area contributed by atoms with Crippen LogP contribution in [0.25, 0.3) is 21.3 Å². The Bertz CT molecular complexity index is 2060. The quantitative estimate of drug-likeness (QED) is 0.132. The maximum absolute atomic E-state index is 4.82. The first-order valence-electron chi connectivity index (χ1n) is 17.8. The molecule has 6 aromatic carbocycles. The van der Waals surface area contributed by atoms with E-state index in [0.29, 0.717) is 0 Å². The summed E-state index contributed by atoms with van der Waals surface area (Å²) < 4.78 is 0. The van der Waals surface area contributed by atoms with Crippen LogP contribution in [0.5, 0.6) is 0 Å². The second-order valence-electron chi connectivity index (χ2n) is 14.1. The van der Waals surface area contributed by atoms with Gasteiger partial charge in [0.1, 0.15) is 0 Å². The molecular weight excluding hydrogens is 1070 g/mol. The Labute approximate surface area is 417 Å². The van der Waals surface area contributed by atoms with E-state index in [1.807, 2.05) is 0 Å². The van der Waals surface area contributed by atoms with Gasteiger partial charge in [0.15, 0.2) is 0 Å². The van der Waals surface area contributed by atoms with Crippen molar-refractivity contribution in [3.8, 4) is 0 Å². The van der Waals surface area contributed by atoms with E-state index in [-0.39, 0.29) is 139 Å². The summed E-state index contributed by atoms with van der Waals surface area (Å²) in [6, 6.07) is 42.3. The molecule has 4 unspecified atom stereocenters. The van der Waals surface area contributed by atoms with Gasteiger partial charge in [0.25, 0.3) is 0 Å². The van der Waals surface area contributed by atoms with Crippen LogP contribution in [0.2, 0.25) is 0 Å². The van der Waals surface area contributed by atoms with E-state index < -0.39 is 0 Å². The molecule has 0 saturated carbocycles. The number of hydrogen-bond donors (Lipinski definition) is 4. The summed E-state index contributed by atoms with van der Waals surface area (Å²) in [5, 5.41) is 33.3. The number of anilines is 4. The molecule has 2 radical (unpaired) electrons. The minimum atomic E-state index is -0.0437. The molecule has 6 aromatic rings. The molecule has 10 rings (SSSR count). The fraction of sp³-hybridized carbons (Fsp3) is 0.182. The van der Waals surface area contributed by atoms with E-state index >= 15 is 0 Å². The second-order valence-corrected chi connectivity index (χ2v) is 14.1. The van der Waals surface area contributed by atoms with E-state index in [2.05, 4.69) is 170 Å². The van der Waals surface area contributed by atoms with Crippen molar-refractivity contribution in [2.75, 3.05) is 21.3 Å². The van der Waals surface area contributed by atoms with Gasteiger partial charge in [-0.1, -0.05) is 97.1 Å². The van der Waals surface area contributed by atoms with Gasteiger partial charge in [-0.05, 0) is 121 Å². The largest absolute Gasteiger partial charge is 2.00 e. The van der Waals surface area contributed by atoms with Crippen molar-refractivity contribution in [1.29, 1.82) is 0 Å². The van der Waals surface area contributed by atoms with Crippen molar-refractivity contribution in [2.24, 2.45) is 0 Å². The Hall–Kier alpha value is -4.14. The summed E-state index contributed by atoms with van der Waals surface area (Å²) in [5.74, 6) is 0. The van der Waals surface area contributed by atoms with Gasteiger partial charge in [-0.25, -0.2) is 0 Å². The van der Waals surface area contributed by atoms with Crippen molar-refractivity contribution in [3.63, 3.8) is 0 Å². The first kappa shape index (κ1) is 63.1. The zero-order chi connectivity index (χ0) is 35.3. The van der Waals surface area contributed by atoms with Crippen LogP contribution in [0, 0.1) is 27.7 Å². The molecule has 18 N–H and O–H groups in total.